The van der Waals surface area contributed by atoms with E-state index in [9.17, 15) is 0 Å². The van der Waals surface area contributed by atoms with Crippen LogP contribution in [0.25, 0.3) is 6.08 Å². The molecule has 1 nitrogen and oxygen atoms in total. The topological polar surface area (TPSA) is 26.0 Å². The van der Waals surface area contributed by atoms with Gasteiger partial charge in [-0.3, -0.25) is 0 Å². The highest BCUT2D eigenvalue weighted by molar-refractivity contribution is 9.10. The molecule has 0 saturated heterocycles. The van der Waals surface area contributed by atoms with Crippen LogP contribution in [0.1, 0.15) is 31.2 Å². The molecular formula is C13H16BrN. The molecule has 0 heterocycles. The predicted octanol–water partition coefficient (Wildman–Crippen LogP) is 3.73. The highest BCUT2D eigenvalue weighted by Gasteiger charge is 2.11. The molecule has 1 fully saturated rings. The molecule has 0 atom stereocenters. The lowest BCUT2D eigenvalue weighted by atomic mass is 9.90. The first-order valence-electron chi connectivity index (χ1n) is 5.44. The second kappa shape index (κ2) is 4.95. The number of nitrogens with two attached hydrogens (primary N) is 1. The van der Waals surface area contributed by atoms with Gasteiger partial charge in [-0.25, -0.2) is 0 Å². The van der Waals surface area contributed by atoms with Crippen LogP contribution in [0.2, 0.25) is 0 Å². The summed E-state index contributed by atoms with van der Waals surface area (Å²) in [5.74, 6) is 0. The molecule has 80 valence electrons. The van der Waals surface area contributed by atoms with Gasteiger partial charge in [0.2, 0.25) is 0 Å². The number of hydrogen-bond donors (Lipinski definition) is 1. The third-order valence-electron chi connectivity index (χ3n) is 2.91. The van der Waals surface area contributed by atoms with E-state index in [2.05, 4.69) is 46.3 Å². The highest BCUT2D eigenvalue weighted by Crippen LogP contribution is 2.24. The average Bonchev–Trinajstić information content (AvgIpc) is 2.25. The summed E-state index contributed by atoms with van der Waals surface area (Å²) < 4.78 is 1.13. The molecular weight excluding hydrogens is 250 g/mol. The van der Waals surface area contributed by atoms with E-state index >= 15 is 0 Å². The fourth-order valence-electron chi connectivity index (χ4n) is 1.95. The van der Waals surface area contributed by atoms with E-state index in [1.807, 2.05) is 0 Å². The van der Waals surface area contributed by atoms with E-state index in [1.54, 1.807) is 5.57 Å². The van der Waals surface area contributed by atoms with Crippen LogP contribution in [-0.4, -0.2) is 6.04 Å². The summed E-state index contributed by atoms with van der Waals surface area (Å²) in [6.45, 7) is 0. The quantitative estimate of drug-likeness (QED) is 0.823. The normalized spacial score (nSPS) is 21.5. The molecule has 15 heavy (non-hydrogen) atoms. The van der Waals surface area contributed by atoms with Crippen molar-refractivity contribution in [3.63, 3.8) is 0 Å². The molecule has 2 heteroatoms. The number of allylic oxidation sites excluding steroid dienone is 1. The molecule has 1 aromatic carbocycles. The van der Waals surface area contributed by atoms with Crippen LogP contribution in [-0.2, 0) is 0 Å². The fourth-order valence-corrected chi connectivity index (χ4v) is 2.21. The van der Waals surface area contributed by atoms with Gasteiger partial charge in [-0.15, -0.1) is 0 Å². The zero-order valence-corrected chi connectivity index (χ0v) is 10.3. The first-order chi connectivity index (χ1) is 7.24. The molecule has 1 saturated carbocycles. The number of hydrogen-bond acceptors (Lipinski definition) is 1. The smallest absolute Gasteiger partial charge is 0.0175 e. The van der Waals surface area contributed by atoms with Crippen molar-refractivity contribution in [2.24, 2.45) is 5.73 Å². The minimum absolute atomic E-state index is 0.423. The van der Waals surface area contributed by atoms with E-state index < -0.39 is 0 Å². The Bertz CT molecular complexity index is 343. The first kappa shape index (κ1) is 10.9. The van der Waals surface area contributed by atoms with E-state index in [4.69, 9.17) is 5.73 Å². The third-order valence-corrected chi connectivity index (χ3v) is 3.44. The maximum absolute atomic E-state index is 5.88. The summed E-state index contributed by atoms with van der Waals surface area (Å²) in [5.41, 5.74) is 8.71. The summed E-state index contributed by atoms with van der Waals surface area (Å²) in [7, 11) is 0. The van der Waals surface area contributed by atoms with Gasteiger partial charge in [0.05, 0.1) is 0 Å². The van der Waals surface area contributed by atoms with E-state index in [0.29, 0.717) is 6.04 Å². The Balaban J connectivity index is 2.06. The standard InChI is InChI=1S/C13H16BrN/c14-12-5-1-10(2-6-12)9-11-3-7-13(15)8-4-11/h1-2,5-6,9,13H,3-4,7-8,15H2. The zero-order chi connectivity index (χ0) is 10.7. The highest BCUT2D eigenvalue weighted by atomic mass is 79.9. The first-order valence-corrected chi connectivity index (χ1v) is 6.24. The Kier molecular flexibility index (Phi) is 3.60. The number of rotatable bonds is 1. The largest absolute Gasteiger partial charge is 0.328 e. The van der Waals surface area contributed by atoms with Gasteiger partial charge in [0.15, 0.2) is 0 Å². The zero-order valence-electron chi connectivity index (χ0n) is 8.75. The van der Waals surface area contributed by atoms with Crippen molar-refractivity contribution in [1.29, 1.82) is 0 Å². The molecule has 0 amide bonds. The molecule has 1 aliphatic carbocycles. The monoisotopic (exact) mass is 265 g/mol. The molecule has 0 bridgehead atoms. The third kappa shape index (κ3) is 3.18. The molecule has 2 rings (SSSR count). The van der Waals surface area contributed by atoms with Crippen LogP contribution in [0, 0.1) is 0 Å². The predicted molar refractivity (Wildman–Crippen MR) is 68.6 cm³/mol. The summed E-state index contributed by atoms with van der Waals surface area (Å²) in [5, 5.41) is 0. The lowest BCUT2D eigenvalue weighted by Gasteiger charge is -2.20. The van der Waals surface area contributed by atoms with Gasteiger partial charge in [-0.2, -0.15) is 0 Å². The number of benzene rings is 1. The Hall–Kier alpha value is -0.600. The van der Waals surface area contributed by atoms with Crippen molar-refractivity contribution in [2.45, 2.75) is 31.7 Å². The molecule has 1 aliphatic rings. The van der Waals surface area contributed by atoms with Crippen LogP contribution in [0.15, 0.2) is 34.3 Å². The van der Waals surface area contributed by atoms with Crippen molar-refractivity contribution in [3.8, 4) is 0 Å². The van der Waals surface area contributed by atoms with Crippen LogP contribution >= 0.6 is 15.9 Å². The van der Waals surface area contributed by atoms with Crippen molar-refractivity contribution in [3.05, 3.63) is 39.9 Å². The summed E-state index contributed by atoms with van der Waals surface area (Å²) >= 11 is 3.44. The molecule has 1 aromatic rings. The molecule has 2 N–H and O–H groups in total. The Morgan fingerprint density at radius 3 is 2.33 bits per heavy atom. The SMILES string of the molecule is NC1CCC(=Cc2ccc(Br)cc2)CC1. The number of halogens is 1. The van der Waals surface area contributed by atoms with Gasteiger partial charge in [-0.1, -0.05) is 39.7 Å². The van der Waals surface area contributed by atoms with Crippen molar-refractivity contribution < 1.29 is 0 Å². The van der Waals surface area contributed by atoms with Crippen molar-refractivity contribution >= 4 is 22.0 Å². The Morgan fingerprint density at radius 1 is 1.13 bits per heavy atom. The van der Waals surface area contributed by atoms with Gasteiger partial charge in [0.25, 0.3) is 0 Å². The summed E-state index contributed by atoms with van der Waals surface area (Å²) in [4.78, 5) is 0. The molecule has 0 aliphatic heterocycles. The maximum Gasteiger partial charge on any atom is 0.0175 e. The van der Waals surface area contributed by atoms with Crippen LogP contribution in [0.5, 0.6) is 0 Å². The lowest BCUT2D eigenvalue weighted by Crippen LogP contribution is -2.23. The maximum atomic E-state index is 5.88. The molecule has 0 spiro atoms. The van der Waals surface area contributed by atoms with Crippen LogP contribution in [0.4, 0.5) is 0 Å². The Labute approximate surface area is 99.5 Å². The fraction of sp³-hybridized carbons (Fsp3) is 0.385. The average molecular weight is 266 g/mol. The molecule has 0 aromatic heterocycles. The van der Waals surface area contributed by atoms with E-state index in [-0.39, 0.29) is 0 Å². The van der Waals surface area contributed by atoms with Crippen molar-refractivity contribution in [2.75, 3.05) is 0 Å². The van der Waals surface area contributed by atoms with Gasteiger partial charge in [-0.05, 0) is 43.4 Å². The van der Waals surface area contributed by atoms with E-state index in [0.717, 1.165) is 30.2 Å². The van der Waals surface area contributed by atoms with Gasteiger partial charge in [0.1, 0.15) is 0 Å². The molecule has 0 unspecified atom stereocenters. The van der Waals surface area contributed by atoms with Gasteiger partial charge in [0, 0.05) is 10.5 Å². The summed E-state index contributed by atoms with van der Waals surface area (Å²) in [6, 6.07) is 8.88. The van der Waals surface area contributed by atoms with Gasteiger partial charge < -0.3 is 5.73 Å². The second-order valence-corrected chi connectivity index (χ2v) is 5.11. The minimum Gasteiger partial charge on any atom is -0.328 e. The second-order valence-electron chi connectivity index (χ2n) is 4.19. The van der Waals surface area contributed by atoms with Crippen LogP contribution in [0.3, 0.4) is 0 Å². The lowest BCUT2D eigenvalue weighted by molar-refractivity contribution is 0.514. The van der Waals surface area contributed by atoms with E-state index in [1.165, 1.54) is 5.56 Å². The van der Waals surface area contributed by atoms with Crippen LogP contribution < -0.4 is 5.73 Å². The summed E-state index contributed by atoms with van der Waals surface area (Å²) in [6.07, 6.45) is 6.91. The Morgan fingerprint density at radius 2 is 1.73 bits per heavy atom. The van der Waals surface area contributed by atoms with Gasteiger partial charge >= 0.3 is 0 Å². The molecule has 0 radical (unpaired) electrons. The van der Waals surface area contributed by atoms with Crippen molar-refractivity contribution in [1.82, 2.24) is 0 Å². The minimum atomic E-state index is 0.423.